The van der Waals surface area contributed by atoms with Gasteiger partial charge < -0.3 is 4.90 Å². The Morgan fingerprint density at radius 2 is 1.79 bits per heavy atom. The van der Waals surface area contributed by atoms with Gasteiger partial charge in [0.05, 0.1) is 10.5 Å². The van der Waals surface area contributed by atoms with Gasteiger partial charge in [-0.1, -0.05) is 38.1 Å². The highest BCUT2D eigenvalue weighted by molar-refractivity contribution is 7.99. The smallest absolute Gasteiger partial charge is 0.0968 e. The summed E-state index contributed by atoms with van der Waals surface area (Å²) in [6, 6.07) is 12.5. The second kappa shape index (κ2) is 8.41. The molecule has 2 aromatic rings. The van der Waals surface area contributed by atoms with Crippen molar-refractivity contribution in [2.45, 2.75) is 18.9 Å². The van der Waals surface area contributed by atoms with Crippen molar-refractivity contribution in [3.8, 4) is 0 Å². The molecule has 1 aromatic carbocycles. The average molecular weight is 297 g/mol. The Kier molecular flexibility index (Phi) is 7.21. The summed E-state index contributed by atoms with van der Waals surface area (Å²) in [5.41, 5.74) is 1.09. The van der Waals surface area contributed by atoms with Crippen LogP contribution in [0.15, 0.2) is 41.4 Å². The second-order valence-electron chi connectivity index (χ2n) is 4.22. The van der Waals surface area contributed by atoms with Crippen molar-refractivity contribution in [1.29, 1.82) is 0 Å². The van der Waals surface area contributed by atoms with Gasteiger partial charge in [0, 0.05) is 17.7 Å². The number of halogens is 1. The number of pyridine rings is 1. The van der Waals surface area contributed by atoms with E-state index in [2.05, 4.69) is 54.1 Å². The van der Waals surface area contributed by atoms with Crippen molar-refractivity contribution in [1.82, 2.24) is 9.88 Å². The molecule has 0 atom stereocenters. The second-order valence-corrected chi connectivity index (χ2v) is 5.33. The molecule has 2 nitrogen and oxygen atoms in total. The van der Waals surface area contributed by atoms with E-state index in [-0.39, 0.29) is 12.4 Å². The molecule has 0 spiro atoms. The van der Waals surface area contributed by atoms with Crippen molar-refractivity contribution >= 4 is 35.1 Å². The van der Waals surface area contributed by atoms with Gasteiger partial charge in [-0.3, -0.25) is 0 Å². The van der Waals surface area contributed by atoms with Gasteiger partial charge in [-0.25, -0.2) is 4.98 Å². The maximum atomic E-state index is 4.67. The third-order valence-electron chi connectivity index (χ3n) is 3.12. The summed E-state index contributed by atoms with van der Waals surface area (Å²) in [5.74, 6) is 1.10. The first-order valence-electron chi connectivity index (χ1n) is 6.54. The van der Waals surface area contributed by atoms with Crippen LogP contribution in [-0.2, 0) is 0 Å². The maximum Gasteiger partial charge on any atom is 0.0968 e. The minimum atomic E-state index is 0. The summed E-state index contributed by atoms with van der Waals surface area (Å²) >= 11 is 1.84. The third-order valence-corrected chi connectivity index (χ3v) is 4.03. The molecule has 4 heteroatoms. The van der Waals surface area contributed by atoms with Crippen molar-refractivity contribution in [3.63, 3.8) is 0 Å². The minimum Gasteiger partial charge on any atom is -0.303 e. The molecule has 1 heterocycles. The van der Waals surface area contributed by atoms with E-state index in [4.69, 9.17) is 0 Å². The lowest BCUT2D eigenvalue weighted by Crippen LogP contribution is -2.25. The highest BCUT2D eigenvalue weighted by Gasteiger charge is 2.01. The zero-order chi connectivity index (χ0) is 12.8. The predicted octanol–water partition coefficient (Wildman–Crippen LogP) is 4.09. The zero-order valence-electron chi connectivity index (χ0n) is 11.5. The molecule has 104 valence electrons. The van der Waals surface area contributed by atoms with Gasteiger partial charge in [0.2, 0.25) is 0 Å². The molecule has 19 heavy (non-hydrogen) atoms. The Morgan fingerprint density at radius 3 is 2.53 bits per heavy atom. The van der Waals surface area contributed by atoms with Crippen LogP contribution in [0.5, 0.6) is 0 Å². The van der Waals surface area contributed by atoms with E-state index in [1.54, 1.807) is 0 Å². The molecule has 0 amide bonds. The molecular weight excluding hydrogens is 276 g/mol. The van der Waals surface area contributed by atoms with Crippen LogP contribution in [0.3, 0.4) is 0 Å². The molecule has 0 aliphatic carbocycles. The Morgan fingerprint density at radius 1 is 1.05 bits per heavy atom. The van der Waals surface area contributed by atoms with E-state index < -0.39 is 0 Å². The van der Waals surface area contributed by atoms with Crippen molar-refractivity contribution in [2.75, 3.05) is 25.4 Å². The molecular formula is C15H21ClN2S. The van der Waals surface area contributed by atoms with E-state index in [0.717, 1.165) is 35.9 Å². The standard InChI is InChI=1S/C15H20N2S.ClH/c1-3-17(4-2)11-12-18-15-10-9-13-7-5-6-8-14(13)16-15;/h5-10H,3-4,11-12H2,1-2H3;1H. The molecule has 0 fully saturated rings. The first kappa shape index (κ1) is 16.3. The molecule has 0 aliphatic rings. The first-order chi connectivity index (χ1) is 8.83. The molecule has 0 radical (unpaired) electrons. The summed E-state index contributed by atoms with van der Waals surface area (Å²) < 4.78 is 0. The van der Waals surface area contributed by atoms with E-state index in [1.165, 1.54) is 5.39 Å². The van der Waals surface area contributed by atoms with Crippen LogP contribution in [0.25, 0.3) is 10.9 Å². The number of aromatic nitrogens is 1. The lowest BCUT2D eigenvalue weighted by Gasteiger charge is -2.17. The highest BCUT2D eigenvalue weighted by Crippen LogP contribution is 2.19. The van der Waals surface area contributed by atoms with E-state index in [9.17, 15) is 0 Å². The molecule has 0 saturated carbocycles. The quantitative estimate of drug-likeness (QED) is 0.747. The maximum absolute atomic E-state index is 4.67. The van der Waals surface area contributed by atoms with Crippen LogP contribution < -0.4 is 0 Å². The number of fused-ring (bicyclic) bond motifs is 1. The molecule has 0 saturated heterocycles. The summed E-state index contributed by atoms with van der Waals surface area (Å²) in [4.78, 5) is 7.11. The number of rotatable bonds is 6. The monoisotopic (exact) mass is 296 g/mol. The minimum absolute atomic E-state index is 0. The van der Waals surface area contributed by atoms with Gasteiger partial charge in [0.1, 0.15) is 0 Å². The average Bonchev–Trinajstić information content (AvgIpc) is 2.43. The van der Waals surface area contributed by atoms with Gasteiger partial charge in [0.25, 0.3) is 0 Å². The first-order valence-corrected chi connectivity index (χ1v) is 7.53. The summed E-state index contributed by atoms with van der Waals surface area (Å²) in [6.07, 6.45) is 0. The fraction of sp³-hybridized carbons (Fsp3) is 0.400. The highest BCUT2D eigenvalue weighted by atomic mass is 35.5. The van der Waals surface area contributed by atoms with Crippen LogP contribution in [0, 0.1) is 0 Å². The van der Waals surface area contributed by atoms with Gasteiger partial charge >= 0.3 is 0 Å². The largest absolute Gasteiger partial charge is 0.303 e. The Labute approximate surface area is 126 Å². The number of benzene rings is 1. The van der Waals surface area contributed by atoms with Crippen LogP contribution in [-0.4, -0.2) is 35.3 Å². The summed E-state index contributed by atoms with van der Waals surface area (Å²) in [5, 5.41) is 2.34. The molecule has 2 rings (SSSR count). The summed E-state index contributed by atoms with van der Waals surface area (Å²) in [7, 11) is 0. The van der Waals surface area contributed by atoms with Gasteiger partial charge in [-0.05, 0) is 25.2 Å². The van der Waals surface area contributed by atoms with Crippen LogP contribution in [0.1, 0.15) is 13.8 Å². The Bertz CT molecular complexity index is 500. The summed E-state index contributed by atoms with van der Waals surface area (Å²) in [6.45, 7) is 7.81. The van der Waals surface area contributed by atoms with E-state index in [1.807, 2.05) is 17.8 Å². The molecule has 0 unspecified atom stereocenters. The number of thioether (sulfide) groups is 1. The van der Waals surface area contributed by atoms with Crippen molar-refractivity contribution < 1.29 is 0 Å². The number of hydrogen-bond donors (Lipinski definition) is 0. The van der Waals surface area contributed by atoms with Gasteiger partial charge in [-0.2, -0.15) is 0 Å². The fourth-order valence-corrected chi connectivity index (χ4v) is 2.83. The fourth-order valence-electron chi connectivity index (χ4n) is 1.95. The van der Waals surface area contributed by atoms with E-state index in [0.29, 0.717) is 0 Å². The van der Waals surface area contributed by atoms with Gasteiger partial charge in [-0.15, -0.1) is 24.2 Å². The van der Waals surface area contributed by atoms with Gasteiger partial charge in [0.15, 0.2) is 0 Å². The van der Waals surface area contributed by atoms with Crippen molar-refractivity contribution in [2.24, 2.45) is 0 Å². The van der Waals surface area contributed by atoms with Crippen LogP contribution in [0.2, 0.25) is 0 Å². The van der Waals surface area contributed by atoms with Crippen LogP contribution >= 0.6 is 24.2 Å². The normalized spacial score (nSPS) is 10.7. The van der Waals surface area contributed by atoms with Crippen LogP contribution in [0.4, 0.5) is 0 Å². The number of para-hydroxylation sites is 1. The molecule has 0 aliphatic heterocycles. The Hall–Kier alpha value is -0.770. The third kappa shape index (κ3) is 4.68. The molecule has 0 N–H and O–H groups in total. The topological polar surface area (TPSA) is 16.1 Å². The number of hydrogen-bond acceptors (Lipinski definition) is 3. The zero-order valence-corrected chi connectivity index (χ0v) is 13.1. The predicted molar refractivity (Wildman–Crippen MR) is 87.5 cm³/mol. The molecule has 0 bridgehead atoms. The lowest BCUT2D eigenvalue weighted by molar-refractivity contribution is 0.324. The Balaban J connectivity index is 0.00000180. The van der Waals surface area contributed by atoms with E-state index >= 15 is 0 Å². The van der Waals surface area contributed by atoms with Crippen molar-refractivity contribution in [3.05, 3.63) is 36.4 Å². The number of nitrogens with zero attached hydrogens (tertiary/aromatic N) is 2. The lowest BCUT2D eigenvalue weighted by atomic mass is 10.2. The SMILES string of the molecule is CCN(CC)CCSc1ccc2ccccc2n1.Cl. The molecule has 1 aromatic heterocycles.